The number of fused-ring (bicyclic) bond motifs is 1. The molecular weight excluding hydrogens is 332 g/mol. The number of aliphatic carboxylic acids is 1. The summed E-state index contributed by atoms with van der Waals surface area (Å²) in [5.74, 6) is -0.527. The SMILES string of the molecule is CC(C=CC=C(c1ccc2c(c1)C(C)(C)CCC2(C)C)C(C)C)=CC(=O)O. The van der Waals surface area contributed by atoms with Gasteiger partial charge in [0.15, 0.2) is 0 Å². The molecule has 0 amide bonds. The van der Waals surface area contributed by atoms with Crippen LogP contribution in [-0.2, 0) is 15.6 Å². The van der Waals surface area contributed by atoms with Crippen molar-refractivity contribution in [2.24, 2.45) is 5.92 Å². The summed E-state index contributed by atoms with van der Waals surface area (Å²) in [6.07, 6.45) is 9.57. The fourth-order valence-corrected chi connectivity index (χ4v) is 3.94. The van der Waals surface area contributed by atoms with Gasteiger partial charge in [0.1, 0.15) is 0 Å². The Kier molecular flexibility index (Phi) is 6.19. The Labute approximate surface area is 164 Å². The van der Waals surface area contributed by atoms with Crippen LogP contribution in [0.4, 0.5) is 0 Å². The van der Waals surface area contributed by atoms with Crippen LogP contribution in [0.5, 0.6) is 0 Å². The number of rotatable bonds is 5. The van der Waals surface area contributed by atoms with Gasteiger partial charge in [0.05, 0.1) is 0 Å². The normalized spacial score (nSPS) is 19.4. The Morgan fingerprint density at radius 1 is 1.07 bits per heavy atom. The summed E-state index contributed by atoms with van der Waals surface area (Å²) in [7, 11) is 0. The van der Waals surface area contributed by atoms with Crippen LogP contribution in [0.1, 0.15) is 78.0 Å². The summed E-state index contributed by atoms with van der Waals surface area (Å²) < 4.78 is 0. The maximum Gasteiger partial charge on any atom is 0.328 e. The molecule has 0 saturated heterocycles. The molecule has 0 radical (unpaired) electrons. The zero-order chi connectivity index (χ0) is 20.4. The van der Waals surface area contributed by atoms with Gasteiger partial charge in [0, 0.05) is 6.08 Å². The van der Waals surface area contributed by atoms with Crippen molar-refractivity contribution in [2.45, 2.75) is 72.1 Å². The Bertz CT molecular complexity index is 802. The fourth-order valence-electron chi connectivity index (χ4n) is 3.94. The first-order chi connectivity index (χ1) is 12.4. The highest BCUT2D eigenvalue weighted by Crippen LogP contribution is 2.46. The summed E-state index contributed by atoms with van der Waals surface area (Å²) in [5, 5.41) is 8.84. The first-order valence-corrected chi connectivity index (χ1v) is 9.89. The molecule has 0 fully saturated rings. The van der Waals surface area contributed by atoms with Gasteiger partial charge in [0.2, 0.25) is 0 Å². The molecule has 1 aromatic carbocycles. The van der Waals surface area contributed by atoms with E-state index in [9.17, 15) is 4.79 Å². The molecule has 1 aromatic rings. The molecule has 0 saturated carbocycles. The minimum absolute atomic E-state index is 0.194. The van der Waals surface area contributed by atoms with Gasteiger partial charge >= 0.3 is 5.97 Å². The summed E-state index contributed by atoms with van der Waals surface area (Å²) in [4.78, 5) is 10.8. The van der Waals surface area contributed by atoms with Crippen molar-refractivity contribution < 1.29 is 9.90 Å². The van der Waals surface area contributed by atoms with Crippen LogP contribution in [0.15, 0.2) is 48.1 Å². The number of allylic oxidation sites excluding steroid dienone is 5. The van der Waals surface area contributed by atoms with E-state index in [0.717, 1.165) is 5.57 Å². The van der Waals surface area contributed by atoms with Crippen molar-refractivity contribution in [2.75, 3.05) is 0 Å². The summed E-state index contributed by atoms with van der Waals surface area (Å²) >= 11 is 0. The molecule has 27 heavy (non-hydrogen) atoms. The van der Waals surface area contributed by atoms with Crippen LogP contribution >= 0.6 is 0 Å². The van der Waals surface area contributed by atoms with Gasteiger partial charge in [0.25, 0.3) is 0 Å². The van der Waals surface area contributed by atoms with Gasteiger partial charge in [-0.05, 0) is 64.3 Å². The van der Waals surface area contributed by atoms with Crippen molar-refractivity contribution in [1.82, 2.24) is 0 Å². The number of benzene rings is 1. The Morgan fingerprint density at radius 3 is 2.22 bits per heavy atom. The van der Waals surface area contributed by atoms with Crippen molar-refractivity contribution in [3.63, 3.8) is 0 Å². The molecule has 146 valence electrons. The Balaban J connectivity index is 2.46. The molecule has 1 N–H and O–H groups in total. The third-order valence-electron chi connectivity index (χ3n) is 5.79. The predicted molar refractivity (Wildman–Crippen MR) is 115 cm³/mol. The maximum atomic E-state index is 10.8. The second-order valence-corrected chi connectivity index (χ2v) is 9.39. The molecule has 0 heterocycles. The highest BCUT2D eigenvalue weighted by atomic mass is 16.4. The Hall–Kier alpha value is -2.09. The zero-order valence-electron chi connectivity index (χ0n) is 17.9. The lowest BCUT2D eigenvalue weighted by Gasteiger charge is -2.42. The van der Waals surface area contributed by atoms with Crippen molar-refractivity contribution in [3.05, 3.63) is 64.8 Å². The topological polar surface area (TPSA) is 37.3 Å². The van der Waals surface area contributed by atoms with E-state index >= 15 is 0 Å². The van der Waals surface area contributed by atoms with E-state index in [0.29, 0.717) is 5.92 Å². The summed E-state index contributed by atoms with van der Waals surface area (Å²) in [6, 6.07) is 6.96. The minimum atomic E-state index is -0.912. The van der Waals surface area contributed by atoms with Crippen LogP contribution in [0.2, 0.25) is 0 Å². The standard InChI is InChI=1S/C25H34O2/c1-17(2)20(10-8-9-18(3)15-23(26)27)19-11-12-21-22(16-19)25(6,7)14-13-24(21,4)5/h8-12,15-17H,13-14H2,1-7H3,(H,26,27). The van der Waals surface area contributed by atoms with Gasteiger partial charge in [-0.15, -0.1) is 0 Å². The molecular formula is C25H34O2. The van der Waals surface area contributed by atoms with Gasteiger partial charge in [-0.3, -0.25) is 0 Å². The molecule has 1 aliphatic carbocycles. The molecule has 2 heteroatoms. The average Bonchev–Trinajstić information content (AvgIpc) is 2.55. The van der Waals surface area contributed by atoms with E-state index in [4.69, 9.17) is 5.11 Å². The smallest absolute Gasteiger partial charge is 0.328 e. The second-order valence-electron chi connectivity index (χ2n) is 9.39. The lowest BCUT2D eigenvalue weighted by Crippen LogP contribution is -2.33. The van der Waals surface area contributed by atoms with Crippen molar-refractivity contribution in [1.29, 1.82) is 0 Å². The van der Waals surface area contributed by atoms with Crippen molar-refractivity contribution >= 4 is 11.5 Å². The number of carboxylic acid groups (broad SMARTS) is 1. The van der Waals surface area contributed by atoms with Crippen LogP contribution in [0.3, 0.4) is 0 Å². The quantitative estimate of drug-likeness (QED) is 0.467. The molecule has 0 unspecified atom stereocenters. The number of carboxylic acids is 1. The van der Waals surface area contributed by atoms with E-state index in [1.807, 2.05) is 12.2 Å². The van der Waals surface area contributed by atoms with E-state index in [-0.39, 0.29) is 10.8 Å². The Morgan fingerprint density at radius 2 is 1.67 bits per heavy atom. The third-order valence-corrected chi connectivity index (χ3v) is 5.79. The van der Waals surface area contributed by atoms with Crippen LogP contribution in [0.25, 0.3) is 5.57 Å². The van der Waals surface area contributed by atoms with Crippen LogP contribution in [-0.4, -0.2) is 11.1 Å². The minimum Gasteiger partial charge on any atom is -0.478 e. The number of hydrogen-bond donors (Lipinski definition) is 1. The van der Waals surface area contributed by atoms with Gasteiger partial charge < -0.3 is 5.11 Å². The second kappa shape index (κ2) is 7.88. The van der Waals surface area contributed by atoms with Crippen LogP contribution < -0.4 is 0 Å². The van der Waals surface area contributed by atoms with Gasteiger partial charge in [-0.1, -0.05) is 78.0 Å². The van der Waals surface area contributed by atoms with E-state index in [1.54, 1.807) is 6.92 Å². The lowest BCUT2D eigenvalue weighted by atomic mass is 9.62. The molecule has 0 aliphatic heterocycles. The highest BCUT2D eigenvalue weighted by Gasteiger charge is 2.37. The molecule has 2 rings (SSSR count). The molecule has 0 spiro atoms. The van der Waals surface area contributed by atoms with E-state index in [1.165, 1.54) is 41.2 Å². The first-order valence-electron chi connectivity index (χ1n) is 9.89. The predicted octanol–water partition coefficient (Wildman–Crippen LogP) is 6.66. The maximum absolute atomic E-state index is 10.8. The monoisotopic (exact) mass is 366 g/mol. The van der Waals surface area contributed by atoms with Crippen LogP contribution in [0, 0.1) is 5.92 Å². The average molecular weight is 367 g/mol. The summed E-state index contributed by atoms with van der Waals surface area (Å²) in [5.41, 5.74) is 6.63. The molecule has 0 aromatic heterocycles. The van der Waals surface area contributed by atoms with E-state index < -0.39 is 5.97 Å². The molecule has 1 aliphatic rings. The number of hydrogen-bond acceptors (Lipinski definition) is 1. The van der Waals surface area contributed by atoms with Gasteiger partial charge in [-0.25, -0.2) is 4.79 Å². The van der Waals surface area contributed by atoms with Crippen molar-refractivity contribution in [3.8, 4) is 0 Å². The highest BCUT2D eigenvalue weighted by molar-refractivity contribution is 5.81. The number of carbonyl (C=O) groups is 1. The van der Waals surface area contributed by atoms with E-state index in [2.05, 4.69) is 65.8 Å². The third kappa shape index (κ3) is 5.00. The lowest BCUT2D eigenvalue weighted by molar-refractivity contribution is -0.131. The molecule has 0 atom stereocenters. The largest absolute Gasteiger partial charge is 0.478 e. The fraction of sp³-hybridized carbons (Fsp3) is 0.480. The molecule has 2 nitrogen and oxygen atoms in total. The summed E-state index contributed by atoms with van der Waals surface area (Å²) in [6.45, 7) is 15.6. The van der Waals surface area contributed by atoms with Gasteiger partial charge in [-0.2, -0.15) is 0 Å². The first kappa shape index (κ1) is 21.2. The molecule has 0 bridgehead atoms. The zero-order valence-corrected chi connectivity index (χ0v) is 17.9.